The van der Waals surface area contributed by atoms with Gasteiger partial charge in [-0.3, -0.25) is 0 Å². The molecular weight excluding hydrogens is 270 g/mol. The normalized spacial score (nSPS) is 10.8. The molecule has 1 aliphatic rings. The summed E-state index contributed by atoms with van der Waals surface area (Å²) in [6, 6.07) is 8.03. The molecule has 0 bridgehead atoms. The number of para-hydroxylation sites is 1. The second kappa shape index (κ2) is 7.71. The topological polar surface area (TPSA) is 9.23 Å². The van der Waals surface area contributed by atoms with Crippen LogP contribution >= 0.6 is 0 Å². The van der Waals surface area contributed by atoms with Crippen molar-refractivity contribution in [3.8, 4) is 5.75 Å². The van der Waals surface area contributed by atoms with E-state index in [2.05, 4.69) is 6.08 Å². The number of benzene rings is 1. The van der Waals surface area contributed by atoms with Gasteiger partial charge >= 0.3 is 0 Å². The van der Waals surface area contributed by atoms with Crippen LogP contribution in [0.2, 0.25) is 0 Å². The van der Waals surface area contributed by atoms with Gasteiger partial charge in [0.1, 0.15) is 12.4 Å². The van der Waals surface area contributed by atoms with E-state index in [0.717, 1.165) is 5.75 Å². The third kappa shape index (κ3) is 3.92. The molecule has 0 amide bonds. The molecule has 72 valence electrons. The van der Waals surface area contributed by atoms with Crippen LogP contribution in [-0.4, -0.2) is 24.0 Å². The molecule has 0 unspecified atom stereocenters. The Bertz CT molecular complexity index is 278. The number of fused-ring (bicyclic) bond motifs is 1. The van der Waals surface area contributed by atoms with Crippen LogP contribution in [0.4, 0.5) is 0 Å². The molecule has 1 nitrogen and oxygen atoms in total. The maximum absolute atomic E-state index is 5.34. The molecule has 4 radical (unpaired) electrons. The standard InChI is InChI=1S/C9H8O.Al.Cu.Fe/c1-2-6-9-8(4-1)5-3-7-10-9;;;/h1-6H,7H2;;;. The quantitative estimate of drug-likeness (QED) is 0.657. The average Bonchev–Trinajstić information content (AvgIpc) is 2.05. The minimum absolute atomic E-state index is 0. The summed E-state index contributed by atoms with van der Waals surface area (Å²) in [5.41, 5.74) is 1.17. The maximum atomic E-state index is 5.34. The van der Waals surface area contributed by atoms with Crippen LogP contribution in [0.15, 0.2) is 30.3 Å². The Balaban J connectivity index is 0. The molecule has 1 aromatic rings. The van der Waals surface area contributed by atoms with Gasteiger partial charge in [-0.15, -0.1) is 0 Å². The largest absolute Gasteiger partial charge is 0.489 e. The van der Waals surface area contributed by atoms with Gasteiger partial charge in [-0.05, 0) is 12.1 Å². The maximum Gasteiger partial charge on any atom is 0.126 e. The van der Waals surface area contributed by atoms with E-state index >= 15 is 0 Å². The van der Waals surface area contributed by atoms with Crippen LogP contribution in [0.1, 0.15) is 5.56 Å². The van der Waals surface area contributed by atoms with Gasteiger partial charge in [-0.2, -0.15) is 0 Å². The Kier molecular flexibility index (Phi) is 9.36. The van der Waals surface area contributed by atoms with E-state index in [-0.39, 0.29) is 51.5 Å². The first kappa shape index (κ1) is 15.8. The molecular formula is C9H8AlCuFeO. The fourth-order valence-electron chi connectivity index (χ4n) is 1.06. The fraction of sp³-hybridized carbons (Fsp3) is 0.111. The molecule has 0 atom stereocenters. The zero-order chi connectivity index (χ0) is 6.81. The van der Waals surface area contributed by atoms with Crippen molar-refractivity contribution in [1.29, 1.82) is 0 Å². The predicted molar refractivity (Wildman–Crippen MR) is 46.7 cm³/mol. The Labute approximate surface area is 110 Å². The molecule has 0 fully saturated rings. The molecule has 0 aliphatic carbocycles. The first-order valence-corrected chi connectivity index (χ1v) is 3.35. The summed E-state index contributed by atoms with van der Waals surface area (Å²) in [7, 11) is 0. The average molecular weight is 279 g/mol. The van der Waals surface area contributed by atoms with Crippen LogP contribution in [0.3, 0.4) is 0 Å². The monoisotopic (exact) mass is 278 g/mol. The van der Waals surface area contributed by atoms with Crippen molar-refractivity contribution in [3.05, 3.63) is 35.9 Å². The fourth-order valence-corrected chi connectivity index (χ4v) is 1.06. The van der Waals surface area contributed by atoms with Crippen LogP contribution in [0, 0.1) is 0 Å². The molecule has 0 aromatic heterocycles. The smallest absolute Gasteiger partial charge is 0.126 e. The van der Waals surface area contributed by atoms with E-state index in [4.69, 9.17) is 4.74 Å². The van der Waals surface area contributed by atoms with Crippen LogP contribution in [0.25, 0.3) is 6.08 Å². The van der Waals surface area contributed by atoms with E-state index in [1.807, 2.05) is 30.3 Å². The Morgan fingerprint density at radius 2 is 1.85 bits per heavy atom. The third-order valence-electron chi connectivity index (χ3n) is 1.55. The van der Waals surface area contributed by atoms with E-state index in [1.54, 1.807) is 0 Å². The predicted octanol–water partition coefficient (Wildman–Crippen LogP) is 1.71. The molecule has 0 N–H and O–H groups in total. The molecule has 1 aliphatic heterocycles. The summed E-state index contributed by atoms with van der Waals surface area (Å²) >= 11 is 0. The minimum Gasteiger partial charge on any atom is -0.489 e. The van der Waals surface area contributed by atoms with Crippen LogP contribution in [0.5, 0.6) is 5.75 Å². The van der Waals surface area contributed by atoms with Gasteiger partial charge in [0.15, 0.2) is 0 Å². The van der Waals surface area contributed by atoms with E-state index < -0.39 is 0 Å². The number of hydrogen-bond donors (Lipinski definition) is 0. The number of rotatable bonds is 0. The van der Waals surface area contributed by atoms with Gasteiger partial charge in [-0.25, -0.2) is 0 Å². The minimum atomic E-state index is 0. The van der Waals surface area contributed by atoms with Gasteiger partial charge < -0.3 is 4.74 Å². The summed E-state index contributed by atoms with van der Waals surface area (Å²) in [5, 5.41) is 0. The van der Waals surface area contributed by atoms with Gasteiger partial charge in [0.25, 0.3) is 0 Å². The van der Waals surface area contributed by atoms with E-state index in [9.17, 15) is 0 Å². The molecule has 1 aromatic carbocycles. The van der Waals surface area contributed by atoms with E-state index in [1.165, 1.54) is 5.56 Å². The molecule has 2 rings (SSSR count). The van der Waals surface area contributed by atoms with Crippen molar-refractivity contribution in [2.24, 2.45) is 0 Å². The van der Waals surface area contributed by atoms with Gasteiger partial charge in [0, 0.05) is 57.1 Å². The molecule has 13 heavy (non-hydrogen) atoms. The third-order valence-corrected chi connectivity index (χ3v) is 1.55. The number of ether oxygens (including phenoxy) is 1. The van der Waals surface area contributed by atoms with Crippen molar-refractivity contribution in [2.75, 3.05) is 6.61 Å². The first-order chi connectivity index (χ1) is 4.97. The summed E-state index contributed by atoms with van der Waals surface area (Å²) < 4.78 is 5.34. The van der Waals surface area contributed by atoms with Crippen molar-refractivity contribution in [1.82, 2.24) is 0 Å². The second-order valence-corrected chi connectivity index (χ2v) is 2.25. The molecule has 4 heteroatoms. The summed E-state index contributed by atoms with van der Waals surface area (Å²) in [5.74, 6) is 0.991. The van der Waals surface area contributed by atoms with Crippen LogP contribution < -0.4 is 4.74 Å². The van der Waals surface area contributed by atoms with E-state index in [0.29, 0.717) is 6.61 Å². The first-order valence-electron chi connectivity index (χ1n) is 3.35. The summed E-state index contributed by atoms with van der Waals surface area (Å²) in [6.07, 6.45) is 4.10. The van der Waals surface area contributed by atoms with Crippen molar-refractivity contribution in [3.63, 3.8) is 0 Å². The summed E-state index contributed by atoms with van der Waals surface area (Å²) in [6.45, 7) is 0.705. The Morgan fingerprint density at radius 1 is 1.15 bits per heavy atom. The van der Waals surface area contributed by atoms with Gasteiger partial charge in [0.05, 0.1) is 0 Å². The molecule has 0 saturated heterocycles. The van der Waals surface area contributed by atoms with Crippen molar-refractivity contribution < 1.29 is 38.9 Å². The number of hydrogen-bond acceptors (Lipinski definition) is 1. The van der Waals surface area contributed by atoms with Crippen molar-refractivity contribution in [2.45, 2.75) is 0 Å². The van der Waals surface area contributed by atoms with Gasteiger partial charge in [-0.1, -0.05) is 24.3 Å². The molecule has 0 spiro atoms. The summed E-state index contributed by atoms with van der Waals surface area (Å²) in [4.78, 5) is 0. The Morgan fingerprint density at radius 3 is 2.54 bits per heavy atom. The zero-order valence-electron chi connectivity index (χ0n) is 6.81. The second-order valence-electron chi connectivity index (χ2n) is 2.25. The molecule has 0 saturated carbocycles. The molecule has 1 heterocycles. The van der Waals surface area contributed by atoms with Crippen molar-refractivity contribution >= 4 is 23.4 Å². The SMILES string of the molecule is C1=Cc2ccccc2OC1.[Al].[Cu].[Fe]. The van der Waals surface area contributed by atoms with Crippen LogP contribution in [-0.2, 0) is 34.1 Å². The zero-order valence-corrected chi connectivity index (χ0v) is 10.0. The Hall–Kier alpha value is 0.331. The van der Waals surface area contributed by atoms with Gasteiger partial charge in [0.2, 0.25) is 0 Å².